The monoisotopic (exact) mass is 449 g/mol. The number of nitrogens with zero attached hydrogens (tertiary/aromatic N) is 2. The number of hydrogen-bond donors (Lipinski definition) is 2. The topological polar surface area (TPSA) is 100 Å². The van der Waals surface area contributed by atoms with Crippen LogP contribution in [-0.4, -0.2) is 34.9 Å². The standard InChI is InChI=1S/C24H20FN3O5/c1-14(29)28-24(17-7-12-20(30)21(13-17)32-2)33-23(27-28)16-5-10-19(11-6-16)26-22(31)15-3-8-18(25)9-4-15/h3-13,24,30H,1-2H3,(H,26,31). The molecule has 2 amide bonds. The van der Waals surface area contributed by atoms with E-state index in [1.54, 1.807) is 36.4 Å². The van der Waals surface area contributed by atoms with Gasteiger partial charge in [0.15, 0.2) is 11.5 Å². The minimum Gasteiger partial charge on any atom is -0.504 e. The van der Waals surface area contributed by atoms with Gasteiger partial charge < -0.3 is 19.9 Å². The molecule has 0 spiro atoms. The van der Waals surface area contributed by atoms with Gasteiger partial charge in [-0.3, -0.25) is 9.59 Å². The van der Waals surface area contributed by atoms with Crippen molar-refractivity contribution in [2.75, 3.05) is 12.4 Å². The number of rotatable bonds is 5. The van der Waals surface area contributed by atoms with Crippen molar-refractivity contribution in [3.05, 3.63) is 89.2 Å². The second-order valence-corrected chi connectivity index (χ2v) is 7.21. The van der Waals surface area contributed by atoms with Crippen LogP contribution in [0, 0.1) is 5.82 Å². The number of aromatic hydroxyl groups is 1. The van der Waals surface area contributed by atoms with E-state index >= 15 is 0 Å². The number of methoxy groups -OCH3 is 1. The molecule has 3 aromatic rings. The van der Waals surface area contributed by atoms with Crippen LogP contribution in [0.2, 0.25) is 0 Å². The van der Waals surface area contributed by atoms with E-state index in [1.165, 1.54) is 49.4 Å². The number of ether oxygens (including phenoxy) is 2. The zero-order valence-corrected chi connectivity index (χ0v) is 17.8. The maximum Gasteiger partial charge on any atom is 0.255 e. The molecule has 0 radical (unpaired) electrons. The van der Waals surface area contributed by atoms with Gasteiger partial charge in [-0.25, -0.2) is 4.39 Å². The van der Waals surface area contributed by atoms with Gasteiger partial charge in [0.1, 0.15) is 5.82 Å². The van der Waals surface area contributed by atoms with E-state index in [9.17, 15) is 19.1 Å². The normalized spacial score (nSPS) is 14.9. The van der Waals surface area contributed by atoms with Gasteiger partial charge in [-0.1, -0.05) is 0 Å². The average Bonchev–Trinajstić information content (AvgIpc) is 3.26. The van der Waals surface area contributed by atoms with Gasteiger partial charge in [0.25, 0.3) is 5.91 Å². The minimum atomic E-state index is -0.829. The number of carbonyl (C=O) groups excluding carboxylic acids is 2. The fourth-order valence-electron chi connectivity index (χ4n) is 3.25. The number of benzene rings is 3. The summed E-state index contributed by atoms with van der Waals surface area (Å²) in [5.41, 5.74) is 2.01. The fourth-order valence-corrected chi connectivity index (χ4v) is 3.25. The lowest BCUT2D eigenvalue weighted by Crippen LogP contribution is -2.25. The van der Waals surface area contributed by atoms with Crippen molar-refractivity contribution in [2.24, 2.45) is 5.10 Å². The molecule has 4 rings (SSSR count). The number of nitrogens with one attached hydrogen (secondary N) is 1. The lowest BCUT2D eigenvalue weighted by molar-refractivity contribution is -0.135. The summed E-state index contributed by atoms with van der Waals surface area (Å²) < 4.78 is 24.1. The van der Waals surface area contributed by atoms with Crippen LogP contribution in [0.3, 0.4) is 0 Å². The molecule has 0 aliphatic carbocycles. The number of amides is 2. The van der Waals surface area contributed by atoms with Gasteiger partial charge in [-0.15, -0.1) is 5.10 Å². The van der Waals surface area contributed by atoms with Gasteiger partial charge >= 0.3 is 0 Å². The van der Waals surface area contributed by atoms with E-state index in [1.807, 2.05) is 0 Å². The summed E-state index contributed by atoms with van der Waals surface area (Å²) >= 11 is 0. The summed E-state index contributed by atoms with van der Waals surface area (Å²) in [6, 6.07) is 16.6. The molecule has 1 unspecified atom stereocenters. The predicted molar refractivity (Wildman–Crippen MR) is 118 cm³/mol. The molecule has 0 saturated heterocycles. The van der Waals surface area contributed by atoms with Gasteiger partial charge in [0.2, 0.25) is 18.0 Å². The third-order valence-corrected chi connectivity index (χ3v) is 4.95. The van der Waals surface area contributed by atoms with Crippen molar-refractivity contribution >= 4 is 23.4 Å². The van der Waals surface area contributed by atoms with E-state index in [4.69, 9.17) is 9.47 Å². The Morgan fingerprint density at radius 2 is 1.79 bits per heavy atom. The molecule has 9 heteroatoms. The lowest BCUT2D eigenvalue weighted by atomic mass is 10.1. The molecule has 0 bridgehead atoms. The van der Waals surface area contributed by atoms with Gasteiger partial charge in [-0.2, -0.15) is 5.01 Å². The first-order chi connectivity index (χ1) is 15.9. The van der Waals surface area contributed by atoms with Crippen LogP contribution < -0.4 is 10.1 Å². The van der Waals surface area contributed by atoms with Crippen LogP contribution >= 0.6 is 0 Å². The van der Waals surface area contributed by atoms with Gasteiger partial charge in [-0.05, 0) is 66.7 Å². The van der Waals surface area contributed by atoms with E-state index in [-0.39, 0.29) is 29.2 Å². The van der Waals surface area contributed by atoms with Crippen LogP contribution in [0.25, 0.3) is 0 Å². The number of anilines is 1. The van der Waals surface area contributed by atoms with Gasteiger partial charge in [0.05, 0.1) is 7.11 Å². The maximum absolute atomic E-state index is 13.0. The highest BCUT2D eigenvalue weighted by atomic mass is 19.1. The van der Waals surface area contributed by atoms with Gasteiger partial charge in [0, 0.05) is 29.3 Å². The highest BCUT2D eigenvalue weighted by Crippen LogP contribution is 2.35. The van der Waals surface area contributed by atoms with Crippen molar-refractivity contribution in [1.29, 1.82) is 0 Å². The second kappa shape index (κ2) is 8.99. The zero-order chi connectivity index (χ0) is 23.5. The maximum atomic E-state index is 13.0. The Labute approximate surface area is 188 Å². The van der Waals surface area contributed by atoms with Crippen LogP contribution in [0.4, 0.5) is 10.1 Å². The molecule has 1 aliphatic heterocycles. The average molecular weight is 449 g/mol. The Balaban J connectivity index is 1.51. The molecular weight excluding hydrogens is 429 g/mol. The quantitative estimate of drug-likeness (QED) is 0.613. The van der Waals surface area contributed by atoms with E-state index in [0.29, 0.717) is 22.4 Å². The zero-order valence-electron chi connectivity index (χ0n) is 17.8. The Morgan fingerprint density at radius 3 is 2.42 bits per heavy atom. The summed E-state index contributed by atoms with van der Waals surface area (Å²) in [6.07, 6.45) is -0.829. The Bertz CT molecular complexity index is 1230. The fraction of sp³-hybridized carbons (Fsp3) is 0.125. The first-order valence-electron chi connectivity index (χ1n) is 9.95. The van der Waals surface area contributed by atoms with Crippen LogP contribution in [0.1, 0.15) is 34.6 Å². The Hall–Kier alpha value is -4.40. The van der Waals surface area contributed by atoms with Crippen molar-refractivity contribution in [2.45, 2.75) is 13.2 Å². The highest BCUT2D eigenvalue weighted by Gasteiger charge is 2.33. The van der Waals surface area contributed by atoms with E-state index in [0.717, 1.165) is 0 Å². The molecule has 1 heterocycles. The summed E-state index contributed by atoms with van der Waals surface area (Å²) in [4.78, 5) is 24.5. The van der Waals surface area contributed by atoms with Crippen molar-refractivity contribution in [3.8, 4) is 11.5 Å². The summed E-state index contributed by atoms with van der Waals surface area (Å²) in [5, 5.41) is 18.1. The minimum absolute atomic E-state index is 0.0342. The number of phenols is 1. The molecule has 1 aliphatic rings. The number of carbonyl (C=O) groups is 2. The third kappa shape index (κ3) is 4.62. The second-order valence-electron chi connectivity index (χ2n) is 7.21. The molecule has 1 atom stereocenters. The molecule has 2 N–H and O–H groups in total. The molecule has 3 aromatic carbocycles. The van der Waals surface area contributed by atoms with E-state index in [2.05, 4.69) is 10.4 Å². The molecule has 0 saturated carbocycles. The smallest absolute Gasteiger partial charge is 0.255 e. The van der Waals surface area contributed by atoms with Crippen molar-refractivity contribution < 1.29 is 28.6 Å². The number of hydrazone groups is 1. The Morgan fingerprint density at radius 1 is 1.09 bits per heavy atom. The molecule has 168 valence electrons. The molecule has 0 aromatic heterocycles. The van der Waals surface area contributed by atoms with E-state index < -0.39 is 12.0 Å². The number of halogens is 1. The molecule has 8 nitrogen and oxygen atoms in total. The summed E-state index contributed by atoms with van der Waals surface area (Å²) in [6.45, 7) is 1.37. The first-order valence-corrected chi connectivity index (χ1v) is 9.95. The molecular formula is C24H20FN3O5. The number of phenolic OH excluding ortho intramolecular Hbond substituents is 1. The van der Waals surface area contributed by atoms with Crippen molar-refractivity contribution in [3.63, 3.8) is 0 Å². The van der Waals surface area contributed by atoms with Crippen LogP contribution in [-0.2, 0) is 9.53 Å². The molecule has 0 fully saturated rings. The van der Waals surface area contributed by atoms with Crippen LogP contribution in [0.5, 0.6) is 11.5 Å². The molecule has 33 heavy (non-hydrogen) atoms. The Kier molecular flexibility index (Phi) is 5.95. The number of hydrogen-bond acceptors (Lipinski definition) is 6. The van der Waals surface area contributed by atoms with Crippen LogP contribution in [0.15, 0.2) is 71.8 Å². The highest BCUT2D eigenvalue weighted by molar-refractivity contribution is 6.04. The largest absolute Gasteiger partial charge is 0.504 e. The predicted octanol–water partition coefficient (Wildman–Crippen LogP) is 4.03. The third-order valence-electron chi connectivity index (χ3n) is 4.95. The summed E-state index contributed by atoms with van der Waals surface area (Å²) in [7, 11) is 1.43. The lowest BCUT2D eigenvalue weighted by Gasteiger charge is -2.20. The first kappa shape index (κ1) is 21.8. The SMILES string of the molecule is COc1cc(C2OC(c3ccc(NC(=O)c4ccc(F)cc4)cc3)=NN2C(C)=O)ccc1O. The van der Waals surface area contributed by atoms with Crippen molar-refractivity contribution in [1.82, 2.24) is 5.01 Å². The summed E-state index contributed by atoms with van der Waals surface area (Å²) in [5.74, 6) is -0.690.